The maximum Gasteiger partial charge on any atom is 0.143 e. The predicted octanol–water partition coefficient (Wildman–Crippen LogP) is 14.1. The molecule has 0 radical (unpaired) electrons. The fourth-order valence-electron chi connectivity index (χ4n) is 7.79. The summed E-state index contributed by atoms with van der Waals surface area (Å²) in [5.74, 6) is 0. The van der Waals surface area contributed by atoms with E-state index in [1.54, 1.807) is 0 Å². The van der Waals surface area contributed by atoms with Gasteiger partial charge in [-0.05, 0) is 77.2 Å². The molecule has 0 atom stereocenters. The van der Waals surface area contributed by atoms with Gasteiger partial charge in [-0.2, -0.15) is 0 Å². The van der Waals surface area contributed by atoms with E-state index in [1.807, 2.05) is 23.5 Å². The summed E-state index contributed by atoms with van der Waals surface area (Å²) in [6, 6.07) is 58.2. The minimum absolute atomic E-state index is 0.874. The molecule has 0 amide bonds. The molecule has 0 saturated carbocycles. The largest absolute Gasteiger partial charge is 0.456 e. The summed E-state index contributed by atoms with van der Waals surface area (Å²) >= 11 is 1.83. The van der Waals surface area contributed by atoms with Crippen molar-refractivity contribution in [3.05, 3.63) is 164 Å². The van der Waals surface area contributed by atoms with Crippen molar-refractivity contribution in [2.45, 2.75) is 0 Å². The Morgan fingerprint density at radius 2 is 1.12 bits per heavy atom. The molecule has 8 aromatic carbocycles. The van der Waals surface area contributed by atoms with Gasteiger partial charge in [0.25, 0.3) is 0 Å². The van der Waals surface area contributed by atoms with Gasteiger partial charge in [-0.15, -0.1) is 11.3 Å². The number of furan rings is 2. The molecule has 3 aromatic heterocycles. The molecule has 3 nitrogen and oxygen atoms in total. The number of rotatable bonds is 4. The van der Waals surface area contributed by atoms with E-state index < -0.39 is 0 Å². The van der Waals surface area contributed by atoms with Crippen LogP contribution in [0.15, 0.2) is 173 Å². The van der Waals surface area contributed by atoms with Gasteiger partial charge in [0.15, 0.2) is 0 Å². The number of thiophene rings is 1. The van der Waals surface area contributed by atoms with E-state index >= 15 is 0 Å². The maximum atomic E-state index is 6.57. The van der Waals surface area contributed by atoms with Crippen molar-refractivity contribution in [1.29, 1.82) is 0 Å². The van der Waals surface area contributed by atoms with Gasteiger partial charge in [0, 0.05) is 53.1 Å². The van der Waals surface area contributed by atoms with Crippen LogP contribution < -0.4 is 4.90 Å². The highest BCUT2D eigenvalue weighted by Crippen LogP contribution is 2.47. The molecule has 4 heteroatoms. The zero-order valence-corrected chi connectivity index (χ0v) is 27.6. The zero-order valence-electron chi connectivity index (χ0n) is 26.8. The van der Waals surface area contributed by atoms with E-state index in [9.17, 15) is 0 Å². The number of anilines is 3. The third-order valence-corrected chi connectivity index (χ3v) is 11.2. The van der Waals surface area contributed by atoms with Gasteiger partial charge in [0.1, 0.15) is 22.3 Å². The number of benzene rings is 8. The second kappa shape index (κ2) is 10.6. The molecule has 3 heterocycles. The number of hydrogen-bond acceptors (Lipinski definition) is 4. The fourth-order valence-corrected chi connectivity index (χ4v) is 8.94. The summed E-state index contributed by atoms with van der Waals surface area (Å²) in [6.45, 7) is 0. The Morgan fingerprint density at radius 3 is 2.02 bits per heavy atom. The van der Waals surface area contributed by atoms with Crippen LogP contribution in [0.5, 0.6) is 0 Å². The zero-order chi connectivity index (χ0) is 32.8. The van der Waals surface area contributed by atoms with Crippen LogP contribution >= 0.6 is 11.3 Å². The molecular formula is C46H27NO2S. The van der Waals surface area contributed by atoms with E-state index in [2.05, 4.69) is 157 Å². The summed E-state index contributed by atoms with van der Waals surface area (Å²) in [7, 11) is 0. The summed E-state index contributed by atoms with van der Waals surface area (Å²) in [5.41, 5.74) is 9.27. The summed E-state index contributed by atoms with van der Waals surface area (Å²) < 4.78 is 15.4. The smallest absolute Gasteiger partial charge is 0.143 e. The van der Waals surface area contributed by atoms with Gasteiger partial charge in [-0.1, -0.05) is 103 Å². The quantitative estimate of drug-likeness (QED) is 0.189. The van der Waals surface area contributed by atoms with Crippen molar-refractivity contribution in [3.63, 3.8) is 0 Å². The Labute approximate surface area is 290 Å². The van der Waals surface area contributed by atoms with Crippen LogP contribution in [0, 0.1) is 0 Å². The third-order valence-electron chi connectivity index (χ3n) is 10.1. The first-order chi connectivity index (χ1) is 24.8. The fraction of sp³-hybridized carbons (Fsp3) is 0. The minimum Gasteiger partial charge on any atom is -0.456 e. The number of para-hydroxylation sites is 1. The Kier molecular flexibility index (Phi) is 5.83. The van der Waals surface area contributed by atoms with Crippen LogP contribution in [-0.2, 0) is 0 Å². The van der Waals surface area contributed by atoms with E-state index in [0.29, 0.717) is 0 Å². The summed E-state index contributed by atoms with van der Waals surface area (Å²) in [6.07, 6.45) is 0. The van der Waals surface area contributed by atoms with E-state index in [0.717, 1.165) is 60.9 Å². The number of hydrogen-bond donors (Lipinski definition) is 0. The lowest BCUT2D eigenvalue weighted by molar-refractivity contribution is 0.669. The van der Waals surface area contributed by atoms with Gasteiger partial charge in [0.2, 0.25) is 0 Å². The molecule has 0 aliphatic carbocycles. The van der Waals surface area contributed by atoms with Crippen molar-refractivity contribution in [2.75, 3.05) is 4.90 Å². The SMILES string of the molecule is c1ccc(-c2ccc(N(c3ccc4c(c3)sc3ccc5oc6c7ccccc7ccc6c5c34)c3cccc4oc5ccccc5c34)cc2)cc1. The van der Waals surface area contributed by atoms with Crippen molar-refractivity contribution >= 4 is 103 Å². The lowest BCUT2D eigenvalue weighted by Gasteiger charge is -2.26. The summed E-state index contributed by atoms with van der Waals surface area (Å²) in [5, 5.41) is 9.38. The van der Waals surface area contributed by atoms with Crippen molar-refractivity contribution in [3.8, 4) is 11.1 Å². The third kappa shape index (κ3) is 4.03. The molecule has 11 rings (SSSR count). The summed E-state index contributed by atoms with van der Waals surface area (Å²) in [4.78, 5) is 2.37. The van der Waals surface area contributed by atoms with Crippen LogP contribution in [0.25, 0.3) is 85.9 Å². The van der Waals surface area contributed by atoms with Crippen LogP contribution in [0.3, 0.4) is 0 Å². The van der Waals surface area contributed by atoms with Gasteiger partial charge < -0.3 is 13.7 Å². The van der Waals surface area contributed by atoms with Gasteiger partial charge >= 0.3 is 0 Å². The molecule has 50 heavy (non-hydrogen) atoms. The van der Waals surface area contributed by atoms with Gasteiger partial charge in [0.05, 0.1) is 11.1 Å². The van der Waals surface area contributed by atoms with Crippen molar-refractivity contribution < 1.29 is 8.83 Å². The first-order valence-electron chi connectivity index (χ1n) is 16.8. The number of nitrogens with zero attached hydrogens (tertiary/aromatic N) is 1. The predicted molar refractivity (Wildman–Crippen MR) is 212 cm³/mol. The average Bonchev–Trinajstić information content (AvgIpc) is 3.87. The molecule has 0 bridgehead atoms. The van der Waals surface area contributed by atoms with Crippen LogP contribution in [-0.4, -0.2) is 0 Å². The Balaban J connectivity index is 1.15. The first-order valence-corrected chi connectivity index (χ1v) is 17.7. The lowest BCUT2D eigenvalue weighted by atomic mass is 10.0. The Morgan fingerprint density at radius 1 is 0.400 bits per heavy atom. The van der Waals surface area contributed by atoms with Crippen molar-refractivity contribution in [2.24, 2.45) is 0 Å². The molecule has 234 valence electrons. The second-order valence-corrected chi connectivity index (χ2v) is 13.9. The normalized spacial score (nSPS) is 12.0. The second-order valence-electron chi connectivity index (χ2n) is 12.9. The highest BCUT2D eigenvalue weighted by molar-refractivity contribution is 7.26. The topological polar surface area (TPSA) is 29.5 Å². The monoisotopic (exact) mass is 657 g/mol. The average molecular weight is 658 g/mol. The van der Waals surface area contributed by atoms with Crippen LogP contribution in [0.2, 0.25) is 0 Å². The van der Waals surface area contributed by atoms with Gasteiger partial charge in [-0.3, -0.25) is 0 Å². The highest BCUT2D eigenvalue weighted by Gasteiger charge is 2.22. The van der Waals surface area contributed by atoms with E-state index in [4.69, 9.17) is 8.83 Å². The van der Waals surface area contributed by atoms with Crippen LogP contribution in [0.4, 0.5) is 17.1 Å². The number of fused-ring (bicyclic) bond motifs is 12. The van der Waals surface area contributed by atoms with Gasteiger partial charge in [-0.25, -0.2) is 0 Å². The van der Waals surface area contributed by atoms with Crippen molar-refractivity contribution in [1.82, 2.24) is 0 Å². The lowest BCUT2D eigenvalue weighted by Crippen LogP contribution is -2.10. The molecule has 0 aliphatic heterocycles. The Bertz CT molecular complexity index is 3090. The molecule has 0 N–H and O–H groups in total. The molecule has 0 unspecified atom stereocenters. The highest BCUT2D eigenvalue weighted by atomic mass is 32.1. The molecule has 0 aliphatic rings. The first kappa shape index (κ1) is 27.6. The molecule has 0 saturated heterocycles. The molecular weight excluding hydrogens is 631 g/mol. The van der Waals surface area contributed by atoms with E-state index in [-0.39, 0.29) is 0 Å². The standard InChI is InChI=1S/C46H27NO2S/c1-2-9-28(10-3-1)29-17-20-31(21-18-29)47(37-14-8-16-39-43(37)34-13-6-7-15-38(34)48-39)32-22-24-35-42(27-32)50-41-26-25-40-44(45(35)41)36-23-19-30-11-4-5-12-33(30)46(36)49-40/h1-27H. The molecule has 0 fully saturated rings. The van der Waals surface area contributed by atoms with Crippen LogP contribution in [0.1, 0.15) is 0 Å². The maximum absolute atomic E-state index is 6.57. The minimum atomic E-state index is 0.874. The molecule has 11 aromatic rings. The Hall–Kier alpha value is -6.36. The molecule has 0 spiro atoms. The van der Waals surface area contributed by atoms with E-state index in [1.165, 1.54) is 42.1 Å².